The van der Waals surface area contributed by atoms with Gasteiger partial charge in [-0.2, -0.15) is 0 Å². The summed E-state index contributed by atoms with van der Waals surface area (Å²) < 4.78 is 18.0. The first-order valence-corrected chi connectivity index (χ1v) is 12.3. The zero-order chi connectivity index (χ0) is 27.7. The van der Waals surface area contributed by atoms with Crippen LogP contribution in [0.5, 0.6) is 23.1 Å². The van der Waals surface area contributed by atoms with Gasteiger partial charge < -0.3 is 29.3 Å². The molecule has 2 aromatic heterocycles. The highest BCUT2D eigenvalue weighted by Gasteiger charge is 2.17. The number of nitrogens with one attached hydrogen (secondary N) is 2. The van der Waals surface area contributed by atoms with Gasteiger partial charge in [-0.3, -0.25) is 9.36 Å². The molecule has 3 N–H and O–H groups in total. The number of fused-ring (bicyclic) bond motifs is 1. The number of imidazole rings is 1. The Balaban J connectivity index is 1.39. The number of aromatic nitrogens is 4. The lowest BCUT2D eigenvalue weighted by Gasteiger charge is -2.15. The predicted octanol–water partition coefficient (Wildman–Crippen LogP) is 4.17. The fraction of sp³-hybridized carbons (Fsp3) is 0.207. The molecular weight excluding hydrogens is 500 g/mol. The van der Waals surface area contributed by atoms with E-state index in [2.05, 4.69) is 15.0 Å². The second-order valence-corrected chi connectivity index (χ2v) is 9.07. The Morgan fingerprint density at radius 3 is 2.31 bits per heavy atom. The number of nitrogens with zero attached hydrogens (tertiary/aromatic N) is 2. The van der Waals surface area contributed by atoms with Crippen molar-refractivity contribution in [2.45, 2.75) is 20.4 Å². The zero-order valence-electron chi connectivity index (χ0n) is 22.0. The monoisotopic (exact) mass is 528 g/mol. The Morgan fingerprint density at radius 1 is 0.923 bits per heavy atom. The topological polar surface area (TPSA) is 131 Å². The first-order valence-electron chi connectivity index (χ1n) is 12.3. The third-order valence-corrected chi connectivity index (χ3v) is 6.52. The average Bonchev–Trinajstić information content (AvgIpc) is 3.22. The molecule has 200 valence electrons. The summed E-state index contributed by atoms with van der Waals surface area (Å²) in [5.41, 5.74) is 3.15. The van der Waals surface area contributed by atoms with Crippen LogP contribution in [0.3, 0.4) is 0 Å². The zero-order valence-corrected chi connectivity index (χ0v) is 22.0. The fourth-order valence-corrected chi connectivity index (χ4v) is 4.66. The average molecular weight is 529 g/mol. The number of hydrogen-bond donors (Lipinski definition) is 3. The molecule has 5 rings (SSSR count). The SMILES string of the molecule is COc1cc(OC)c2c(=O)[nH]c(-c3cc(C)c(OCCn4c(O)c(-c5ccccc5)[nH]c4=O)c(C)c3)nc2c1. The second kappa shape index (κ2) is 10.4. The summed E-state index contributed by atoms with van der Waals surface area (Å²) in [6, 6.07) is 16.2. The predicted molar refractivity (Wildman–Crippen MR) is 148 cm³/mol. The smallest absolute Gasteiger partial charge is 0.329 e. The van der Waals surface area contributed by atoms with Gasteiger partial charge in [-0.15, -0.1) is 0 Å². The Morgan fingerprint density at radius 2 is 1.64 bits per heavy atom. The van der Waals surface area contributed by atoms with Crippen LogP contribution >= 0.6 is 0 Å². The maximum atomic E-state index is 12.9. The molecule has 10 heteroatoms. The molecule has 2 heterocycles. The molecule has 0 fully saturated rings. The number of aromatic hydroxyl groups is 1. The fourth-order valence-electron chi connectivity index (χ4n) is 4.66. The van der Waals surface area contributed by atoms with Gasteiger partial charge in [-0.05, 0) is 37.1 Å². The Bertz CT molecular complexity index is 1760. The number of methoxy groups -OCH3 is 2. The van der Waals surface area contributed by atoms with Crippen LogP contribution in [0.25, 0.3) is 33.5 Å². The van der Waals surface area contributed by atoms with E-state index in [0.717, 1.165) is 11.1 Å². The van der Waals surface area contributed by atoms with Crippen LogP contribution in [0.4, 0.5) is 0 Å². The van der Waals surface area contributed by atoms with Gasteiger partial charge in [0.2, 0.25) is 5.88 Å². The molecule has 0 saturated carbocycles. The maximum absolute atomic E-state index is 12.9. The highest BCUT2D eigenvalue weighted by Crippen LogP contribution is 2.32. The summed E-state index contributed by atoms with van der Waals surface area (Å²) in [6.45, 7) is 4.10. The molecule has 39 heavy (non-hydrogen) atoms. The first kappa shape index (κ1) is 25.7. The van der Waals surface area contributed by atoms with Gasteiger partial charge in [0, 0.05) is 23.3 Å². The van der Waals surface area contributed by atoms with Crippen LogP contribution in [0.2, 0.25) is 0 Å². The summed E-state index contributed by atoms with van der Waals surface area (Å²) >= 11 is 0. The van der Waals surface area contributed by atoms with E-state index in [-0.39, 0.29) is 24.6 Å². The van der Waals surface area contributed by atoms with Crippen LogP contribution in [0.15, 0.2) is 64.2 Å². The lowest BCUT2D eigenvalue weighted by Crippen LogP contribution is -2.20. The molecule has 0 atom stereocenters. The number of benzene rings is 3. The lowest BCUT2D eigenvalue weighted by atomic mass is 10.0. The molecule has 0 aliphatic rings. The molecule has 0 radical (unpaired) electrons. The summed E-state index contributed by atoms with van der Waals surface area (Å²) in [5, 5.41) is 11.0. The van der Waals surface area contributed by atoms with Crippen molar-refractivity contribution in [2.75, 3.05) is 20.8 Å². The largest absolute Gasteiger partial charge is 0.497 e. The summed E-state index contributed by atoms with van der Waals surface area (Å²) in [6.07, 6.45) is 0. The van der Waals surface area contributed by atoms with E-state index >= 15 is 0 Å². The van der Waals surface area contributed by atoms with Gasteiger partial charge in [-0.25, -0.2) is 9.78 Å². The maximum Gasteiger partial charge on any atom is 0.329 e. The van der Waals surface area contributed by atoms with Gasteiger partial charge in [-0.1, -0.05) is 30.3 Å². The van der Waals surface area contributed by atoms with Crippen molar-refractivity contribution in [3.05, 3.63) is 86.6 Å². The first-order chi connectivity index (χ1) is 18.8. The molecule has 0 saturated heterocycles. The molecule has 0 bridgehead atoms. The Labute approximate surface area is 223 Å². The van der Waals surface area contributed by atoms with Crippen molar-refractivity contribution in [3.8, 4) is 45.8 Å². The quantitative estimate of drug-likeness (QED) is 0.276. The highest BCUT2D eigenvalue weighted by molar-refractivity contribution is 5.87. The minimum Gasteiger partial charge on any atom is -0.497 e. The summed E-state index contributed by atoms with van der Waals surface area (Å²) in [5.74, 6) is 1.82. The third-order valence-electron chi connectivity index (χ3n) is 6.52. The lowest BCUT2D eigenvalue weighted by molar-refractivity contribution is 0.282. The third kappa shape index (κ3) is 4.84. The van der Waals surface area contributed by atoms with Crippen molar-refractivity contribution in [1.82, 2.24) is 19.5 Å². The van der Waals surface area contributed by atoms with Gasteiger partial charge in [0.1, 0.15) is 40.8 Å². The molecule has 10 nitrogen and oxygen atoms in total. The van der Waals surface area contributed by atoms with Crippen molar-refractivity contribution < 1.29 is 19.3 Å². The number of rotatable bonds is 8. The van der Waals surface area contributed by atoms with Gasteiger partial charge >= 0.3 is 5.69 Å². The molecule has 0 amide bonds. The molecule has 0 aliphatic carbocycles. The van der Waals surface area contributed by atoms with Gasteiger partial charge in [0.25, 0.3) is 5.56 Å². The number of aryl methyl sites for hydroxylation is 2. The van der Waals surface area contributed by atoms with E-state index in [1.807, 2.05) is 56.3 Å². The normalized spacial score (nSPS) is 11.1. The van der Waals surface area contributed by atoms with Crippen molar-refractivity contribution in [3.63, 3.8) is 0 Å². The summed E-state index contributed by atoms with van der Waals surface area (Å²) in [7, 11) is 3.03. The van der Waals surface area contributed by atoms with E-state index in [1.54, 1.807) is 12.1 Å². The van der Waals surface area contributed by atoms with E-state index in [0.29, 0.717) is 50.8 Å². The summed E-state index contributed by atoms with van der Waals surface area (Å²) in [4.78, 5) is 35.6. The van der Waals surface area contributed by atoms with Crippen molar-refractivity contribution >= 4 is 10.9 Å². The van der Waals surface area contributed by atoms with Crippen molar-refractivity contribution in [2.24, 2.45) is 0 Å². The molecular formula is C29H28N4O6. The van der Waals surface area contributed by atoms with Gasteiger partial charge in [0.15, 0.2) is 0 Å². The second-order valence-electron chi connectivity index (χ2n) is 9.07. The number of hydrogen-bond acceptors (Lipinski definition) is 7. The minimum atomic E-state index is -0.418. The minimum absolute atomic E-state index is 0.141. The van der Waals surface area contributed by atoms with Crippen molar-refractivity contribution in [1.29, 1.82) is 0 Å². The number of aromatic amines is 2. The molecule has 0 aliphatic heterocycles. The van der Waals surface area contributed by atoms with Gasteiger partial charge in [0.05, 0.1) is 26.3 Å². The van der Waals surface area contributed by atoms with Crippen LogP contribution in [-0.2, 0) is 6.54 Å². The molecule has 0 spiro atoms. The van der Waals surface area contributed by atoms with Crippen LogP contribution in [0.1, 0.15) is 11.1 Å². The van der Waals surface area contributed by atoms with Crippen LogP contribution < -0.4 is 25.5 Å². The van der Waals surface area contributed by atoms with Crippen LogP contribution in [-0.4, -0.2) is 45.5 Å². The van der Waals surface area contributed by atoms with Crippen LogP contribution in [0, 0.1) is 13.8 Å². The van der Waals surface area contributed by atoms with E-state index in [9.17, 15) is 14.7 Å². The Hall–Kier alpha value is -4.99. The number of ether oxygens (including phenoxy) is 3. The molecule has 3 aromatic carbocycles. The molecule has 0 unspecified atom stereocenters. The van der Waals surface area contributed by atoms with E-state index < -0.39 is 5.69 Å². The highest BCUT2D eigenvalue weighted by atomic mass is 16.5. The standard InChI is InChI=1S/C29H28N4O6/c1-16-12-19(26-30-21-14-20(37-3)15-22(38-4)23(21)27(34)32-26)13-17(2)25(16)39-11-10-33-28(35)24(31-29(33)36)18-8-6-5-7-9-18/h5-9,12-15,35H,10-11H2,1-4H3,(H,31,36)(H,30,32,34). The van der Waals surface area contributed by atoms with E-state index in [4.69, 9.17) is 14.2 Å². The number of H-pyrrole nitrogens is 2. The Kier molecular flexibility index (Phi) is 6.84. The van der Waals surface area contributed by atoms with E-state index in [1.165, 1.54) is 18.8 Å². The molecule has 5 aromatic rings.